The minimum Gasteiger partial charge on any atom is -0.320 e. The number of allylic oxidation sites excluding steroid dienone is 4. The van der Waals surface area contributed by atoms with Gasteiger partial charge in [-0.2, -0.15) is 0 Å². The first-order chi connectivity index (χ1) is 13.0. The highest BCUT2D eigenvalue weighted by Gasteiger charge is 2.33. The molecule has 3 nitrogen and oxygen atoms in total. The molecule has 1 amide bonds. The normalized spacial score (nSPS) is 18.5. The lowest BCUT2D eigenvalue weighted by Gasteiger charge is -2.20. The third-order valence-electron chi connectivity index (χ3n) is 4.67. The monoisotopic (exact) mass is 390 g/mol. The molecule has 0 spiro atoms. The van der Waals surface area contributed by atoms with Gasteiger partial charge in [0, 0.05) is 24.6 Å². The molecule has 0 bridgehead atoms. The molecule has 2 aliphatic rings. The lowest BCUT2D eigenvalue weighted by molar-refractivity contribution is 0.0814. The van der Waals surface area contributed by atoms with E-state index in [2.05, 4.69) is 19.2 Å². The maximum atomic E-state index is 13.8. The van der Waals surface area contributed by atoms with E-state index >= 15 is 0 Å². The minimum absolute atomic E-state index is 0.130. The van der Waals surface area contributed by atoms with Crippen molar-refractivity contribution in [3.05, 3.63) is 70.2 Å². The van der Waals surface area contributed by atoms with Crippen molar-refractivity contribution in [1.29, 1.82) is 0 Å². The van der Waals surface area contributed by atoms with Gasteiger partial charge in [0.2, 0.25) is 0 Å². The fraction of sp³-hybridized carbons (Fsp3) is 0.409. The van der Waals surface area contributed by atoms with E-state index in [1.165, 1.54) is 6.42 Å². The second kappa shape index (κ2) is 10.4. The first-order valence-electron chi connectivity index (χ1n) is 9.51. The van der Waals surface area contributed by atoms with Crippen LogP contribution in [0.25, 0.3) is 0 Å². The van der Waals surface area contributed by atoms with Crippen molar-refractivity contribution in [2.24, 2.45) is 5.92 Å². The summed E-state index contributed by atoms with van der Waals surface area (Å²) in [7, 11) is 1.96. The zero-order chi connectivity index (χ0) is 19.8. The number of carbonyl (C=O) groups is 1. The maximum Gasteiger partial charge on any atom is 0.259 e. The van der Waals surface area contributed by atoms with E-state index in [1.54, 1.807) is 41.3 Å². The largest absolute Gasteiger partial charge is 0.320 e. The molecule has 0 saturated heterocycles. The van der Waals surface area contributed by atoms with E-state index in [1.807, 2.05) is 13.1 Å². The summed E-state index contributed by atoms with van der Waals surface area (Å²) < 4.78 is 13.8. The van der Waals surface area contributed by atoms with Crippen molar-refractivity contribution in [3.8, 4) is 0 Å². The summed E-state index contributed by atoms with van der Waals surface area (Å²) in [6.07, 6.45) is 7.57. The summed E-state index contributed by atoms with van der Waals surface area (Å²) in [6.45, 7) is 5.91. The summed E-state index contributed by atoms with van der Waals surface area (Å²) in [6, 6.07) is 7.03. The Morgan fingerprint density at radius 2 is 2.07 bits per heavy atom. The molecule has 1 atom stereocenters. The number of halogens is 2. The molecule has 0 aromatic heterocycles. The van der Waals surface area contributed by atoms with Gasteiger partial charge in [0.15, 0.2) is 0 Å². The van der Waals surface area contributed by atoms with Crippen molar-refractivity contribution < 1.29 is 9.18 Å². The van der Waals surface area contributed by atoms with E-state index < -0.39 is 0 Å². The van der Waals surface area contributed by atoms with E-state index in [9.17, 15) is 9.18 Å². The fourth-order valence-corrected chi connectivity index (χ4v) is 3.46. The van der Waals surface area contributed by atoms with Crippen LogP contribution in [0.5, 0.6) is 0 Å². The van der Waals surface area contributed by atoms with Crippen molar-refractivity contribution in [1.82, 2.24) is 10.2 Å². The van der Waals surface area contributed by atoms with Gasteiger partial charge in [-0.05, 0) is 56.3 Å². The molecule has 0 saturated carbocycles. The molecular weight excluding hydrogens is 363 g/mol. The van der Waals surface area contributed by atoms with Crippen LogP contribution in [0.3, 0.4) is 0 Å². The second-order valence-corrected chi connectivity index (χ2v) is 7.05. The van der Waals surface area contributed by atoms with Gasteiger partial charge in [-0.3, -0.25) is 4.79 Å². The zero-order valence-corrected chi connectivity index (χ0v) is 17.0. The summed E-state index contributed by atoms with van der Waals surface area (Å²) >= 11 is 6.14. The van der Waals surface area contributed by atoms with Gasteiger partial charge >= 0.3 is 0 Å². The summed E-state index contributed by atoms with van der Waals surface area (Å²) in [5.74, 6) is -0.129. The third-order valence-corrected chi connectivity index (χ3v) is 5.00. The molecule has 146 valence electrons. The van der Waals surface area contributed by atoms with Gasteiger partial charge in [0.05, 0.1) is 10.6 Å². The molecule has 1 aliphatic carbocycles. The number of rotatable bonds is 4. The first-order valence-corrected chi connectivity index (χ1v) is 9.88. The predicted molar refractivity (Wildman–Crippen MR) is 110 cm³/mol. The lowest BCUT2D eigenvalue weighted by atomic mass is 9.98. The first kappa shape index (κ1) is 21.4. The highest BCUT2D eigenvalue weighted by molar-refractivity contribution is 6.33. The molecule has 1 unspecified atom stereocenters. The van der Waals surface area contributed by atoms with E-state index in [0.717, 1.165) is 24.2 Å². The molecule has 1 aliphatic heterocycles. The number of hydrogen-bond acceptors (Lipinski definition) is 2. The van der Waals surface area contributed by atoms with Gasteiger partial charge in [-0.1, -0.05) is 43.7 Å². The van der Waals surface area contributed by atoms with Gasteiger partial charge < -0.3 is 10.2 Å². The topological polar surface area (TPSA) is 32.3 Å². The van der Waals surface area contributed by atoms with Crippen molar-refractivity contribution in [2.75, 3.05) is 20.1 Å². The van der Waals surface area contributed by atoms with Gasteiger partial charge in [-0.15, -0.1) is 0 Å². The molecule has 1 aromatic rings. The maximum absolute atomic E-state index is 13.8. The number of amides is 1. The van der Waals surface area contributed by atoms with Crippen molar-refractivity contribution >= 4 is 17.5 Å². The van der Waals surface area contributed by atoms with E-state index in [0.29, 0.717) is 17.1 Å². The number of hydrogen-bond donors (Lipinski definition) is 1. The van der Waals surface area contributed by atoms with Crippen LogP contribution in [-0.4, -0.2) is 30.9 Å². The molecule has 27 heavy (non-hydrogen) atoms. The average Bonchev–Trinajstić information content (AvgIpc) is 2.88. The Balaban J connectivity index is 0.000000465. The van der Waals surface area contributed by atoms with Gasteiger partial charge in [0.25, 0.3) is 5.91 Å². The molecule has 1 aromatic carbocycles. The van der Waals surface area contributed by atoms with Crippen LogP contribution in [0.2, 0.25) is 5.02 Å². The van der Waals surface area contributed by atoms with Crippen LogP contribution in [0, 0.1) is 5.92 Å². The van der Waals surface area contributed by atoms with Crippen LogP contribution < -0.4 is 5.32 Å². The van der Waals surface area contributed by atoms with Crippen LogP contribution >= 0.6 is 11.6 Å². The van der Waals surface area contributed by atoms with Crippen LogP contribution in [0.4, 0.5) is 4.39 Å². The predicted octanol–water partition coefficient (Wildman–Crippen LogP) is 5.51. The van der Waals surface area contributed by atoms with E-state index in [-0.39, 0.29) is 24.1 Å². The number of carbonyl (C=O) groups excluding carboxylic acids is 1. The quantitative estimate of drug-likeness (QED) is 0.735. The van der Waals surface area contributed by atoms with Crippen LogP contribution in [0.1, 0.15) is 43.5 Å². The smallest absolute Gasteiger partial charge is 0.259 e. The summed E-state index contributed by atoms with van der Waals surface area (Å²) in [4.78, 5) is 14.6. The Morgan fingerprint density at radius 3 is 2.67 bits per heavy atom. The number of nitrogens with one attached hydrogen (secondary N) is 1. The summed E-state index contributed by atoms with van der Waals surface area (Å²) in [5.41, 5.74) is 2.19. The highest BCUT2D eigenvalue weighted by Crippen LogP contribution is 2.36. The molecule has 0 radical (unpaired) electrons. The van der Waals surface area contributed by atoms with Crippen LogP contribution in [-0.2, 0) is 0 Å². The lowest BCUT2D eigenvalue weighted by Crippen LogP contribution is -2.29. The highest BCUT2D eigenvalue weighted by atomic mass is 35.5. The van der Waals surface area contributed by atoms with Crippen molar-refractivity contribution in [3.63, 3.8) is 0 Å². The Kier molecular flexibility index (Phi) is 8.26. The Morgan fingerprint density at radius 1 is 1.33 bits per heavy atom. The van der Waals surface area contributed by atoms with Crippen molar-refractivity contribution in [2.45, 2.75) is 33.1 Å². The molecule has 5 heteroatoms. The fourth-order valence-electron chi connectivity index (χ4n) is 3.24. The van der Waals surface area contributed by atoms with E-state index in [4.69, 9.17) is 11.6 Å². The molecule has 1 heterocycles. The Bertz CT molecular complexity index is 752. The SMILES string of the molecule is CCC1CN(C(=O)c2ccccc2Cl)C2=C1C=C(F)CC=C2.CCCNC. The average molecular weight is 391 g/mol. The summed E-state index contributed by atoms with van der Waals surface area (Å²) in [5, 5.41) is 3.46. The molecule has 1 N–H and O–H groups in total. The Hall–Kier alpha value is -1.91. The van der Waals surface area contributed by atoms with Crippen LogP contribution in [0.15, 0.2) is 59.6 Å². The Labute approximate surface area is 166 Å². The molecular formula is C22H28ClFN2O. The second-order valence-electron chi connectivity index (χ2n) is 6.64. The molecule has 0 fully saturated rings. The van der Waals surface area contributed by atoms with Gasteiger partial charge in [-0.25, -0.2) is 4.39 Å². The number of benzene rings is 1. The zero-order valence-electron chi connectivity index (χ0n) is 16.3. The van der Waals surface area contributed by atoms with Gasteiger partial charge in [0.1, 0.15) is 5.83 Å². The third kappa shape index (κ3) is 5.30. The standard InChI is InChI=1S/C18H17ClFNO.C4H11N/c1-2-12-11-21(17-9-5-6-13(20)10-15(12)17)18(22)14-7-3-4-8-16(14)19;1-3-4-5-2/h3-5,7-10,12H,2,6,11H2,1H3;5H,3-4H2,1-2H3. The number of nitrogens with zero attached hydrogens (tertiary/aromatic N) is 1. The minimum atomic E-state index is -0.160. The molecule has 3 rings (SSSR count).